The van der Waals surface area contributed by atoms with E-state index in [1.165, 1.54) is 5.69 Å². The molecule has 2 rings (SSSR count). The Morgan fingerprint density at radius 2 is 1.85 bits per heavy atom. The van der Waals surface area contributed by atoms with Crippen LogP contribution in [0, 0.1) is 6.92 Å². The maximum absolute atomic E-state index is 6.00. The fourth-order valence-corrected chi connectivity index (χ4v) is 2.21. The molecule has 106 valence electrons. The quantitative estimate of drug-likeness (QED) is 0.773. The third-order valence-electron chi connectivity index (χ3n) is 3.26. The standard InChI is InChI=1S/C17H20ClNO/c1-3-19(15-7-5-4-6-8-15)11-12-20-16-9-10-17(18)14(2)13-16/h4-10,13H,3,11-12H2,1-2H3. The van der Waals surface area contributed by atoms with Crippen molar-refractivity contribution in [2.75, 3.05) is 24.6 Å². The summed E-state index contributed by atoms with van der Waals surface area (Å²) in [6, 6.07) is 16.1. The van der Waals surface area contributed by atoms with E-state index in [0.29, 0.717) is 6.61 Å². The molecule has 0 saturated carbocycles. The lowest BCUT2D eigenvalue weighted by molar-refractivity contribution is 0.324. The van der Waals surface area contributed by atoms with Gasteiger partial charge in [0.05, 0.1) is 6.54 Å². The minimum absolute atomic E-state index is 0.657. The zero-order chi connectivity index (χ0) is 14.4. The third kappa shape index (κ3) is 3.91. The Morgan fingerprint density at radius 3 is 2.50 bits per heavy atom. The van der Waals surface area contributed by atoms with Crippen LogP contribution < -0.4 is 9.64 Å². The smallest absolute Gasteiger partial charge is 0.119 e. The highest BCUT2D eigenvalue weighted by molar-refractivity contribution is 6.31. The van der Waals surface area contributed by atoms with Crippen molar-refractivity contribution in [2.45, 2.75) is 13.8 Å². The number of nitrogens with zero attached hydrogens (tertiary/aromatic N) is 1. The van der Waals surface area contributed by atoms with Gasteiger partial charge in [-0.3, -0.25) is 0 Å². The molecular formula is C17H20ClNO. The Morgan fingerprint density at radius 1 is 1.10 bits per heavy atom. The lowest BCUT2D eigenvalue weighted by atomic mass is 10.2. The number of ether oxygens (including phenoxy) is 1. The second-order valence-corrected chi connectivity index (χ2v) is 5.08. The van der Waals surface area contributed by atoms with Crippen LogP contribution in [0.3, 0.4) is 0 Å². The largest absolute Gasteiger partial charge is 0.492 e. The van der Waals surface area contributed by atoms with E-state index in [2.05, 4.69) is 36.1 Å². The van der Waals surface area contributed by atoms with Gasteiger partial charge in [-0.1, -0.05) is 29.8 Å². The van der Waals surface area contributed by atoms with Crippen molar-refractivity contribution in [3.63, 3.8) is 0 Å². The number of aryl methyl sites for hydroxylation is 1. The van der Waals surface area contributed by atoms with Gasteiger partial charge >= 0.3 is 0 Å². The van der Waals surface area contributed by atoms with Crippen LogP contribution in [0.2, 0.25) is 5.02 Å². The summed E-state index contributed by atoms with van der Waals surface area (Å²) in [4.78, 5) is 2.29. The summed E-state index contributed by atoms with van der Waals surface area (Å²) < 4.78 is 5.80. The summed E-state index contributed by atoms with van der Waals surface area (Å²) >= 11 is 6.00. The van der Waals surface area contributed by atoms with Crippen LogP contribution in [-0.4, -0.2) is 19.7 Å². The monoisotopic (exact) mass is 289 g/mol. The Kier molecular flexibility index (Phi) is 5.31. The summed E-state index contributed by atoms with van der Waals surface area (Å²) in [5.74, 6) is 0.871. The highest BCUT2D eigenvalue weighted by Gasteiger charge is 2.04. The van der Waals surface area contributed by atoms with Crippen molar-refractivity contribution in [2.24, 2.45) is 0 Å². The van der Waals surface area contributed by atoms with Gasteiger partial charge < -0.3 is 9.64 Å². The van der Waals surface area contributed by atoms with Gasteiger partial charge in [0.2, 0.25) is 0 Å². The van der Waals surface area contributed by atoms with Crippen LogP contribution in [0.15, 0.2) is 48.5 Å². The molecule has 0 aliphatic rings. The number of benzene rings is 2. The second-order valence-electron chi connectivity index (χ2n) is 4.67. The maximum atomic E-state index is 6.00. The third-order valence-corrected chi connectivity index (χ3v) is 3.69. The van der Waals surface area contributed by atoms with Crippen LogP contribution >= 0.6 is 11.6 Å². The van der Waals surface area contributed by atoms with Crippen molar-refractivity contribution >= 4 is 17.3 Å². The minimum atomic E-state index is 0.657. The first kappa shape index (κ1) is 14.7. The molecule has 2 nitrogen and oxygen atoms in total. The van der Waals surface area contributed by atoms with E-state index in [1.807, 2.05) is 31.2 Å². The topological polar surface area (TPSA) is 12.5 Å². The molecule has 0 N–H and O–H groups in total. The predicted octanol–water partition coefficient (Wildman–Crippen LogP) is 4.55. The van der Waals surface area contributed by atoms with Crippen molar-refractivity contribution in [1.29, 1.82) is 0 Å². The second kappa shape index (κ2) is 7.20. The molecule has 0 amide bonds. The van der Waals surface area contributed by atoms with Crippen molar-refractivity contribution in [3.8, 4) is 5.75 Å². The molecule has 20 heavy (non-hydrogen) atoms. The Balaban J connectivity index is 1.89. The normalized spacial score (nSPS) is 10.3. The van der Waals surface area contributed by atoms with Gasteiger partial charge in [-0.05, 0) is 49.7 Å². The van der Waals surface area contributed by atoms with Gasteiger partial charge in [-0.25, -0.2) is 0 Å². The fourth-order valence-electron chi connectivity index (χ4n) is 2.09. The van der Waals surface area contributed by atoms with Gasteiger partial charge in [-0.2, -0.15) is 0 Å². The Bertz CT molecular complexity index is 542. The number of para-hydroxylation sites is 1. The number of halogens is 1. The van der Waals surface area contributed by atoms with E-state index in [0.717, 1.165) is 29.4 Å². The number of anilines is 1. The first-order chi connectivity index (χ1) is 9.70. The van der Waals surface area contributed by atoms with Crippen LogP contribution in [0.1, 0.15) is 12.5 Å². The Labute approximate surface area is 125 Å². The summed E-state index contributed by atoms with van der Waals surface area (Å²) in [5.41, 5.74) is 2.27. The summed E-state index contributed by atoms with van der Waals surface area (Å²) in [6.45, 7) is 6.62. The van der Waals surface area contributed by atoms with E-state index in [1.54, 1.807) is 0 Å². The molecule has 0 spiro atoms. The predicted molar refractivity (Wildman–Crippen MR) is 86.0 cm³/mol. The lowest BCUT2D eigenvalue weighted by Gasteiger charge is -2.23. The average Bonchev–Trinajstić information content (AvgIpc) is 2.48. The molecule has 0 aromatic heterocycles. The molecule has 0 aliphatic carbocycles. The molecule has 0 unspecified atom stereocenters. The fraction of sp³-hybridized carbons (Fsp3) is 0.294. The van der Waals surface area contributed by atoms with Gasteiger partial charge in [-0.15, -0.1) is 0 Å². The molecular weight excluding hydrogens is 270 g/mol. The van der Waals surface area contributed by atoms with E-state index in [4.69, 9.17) is 16.3 Å². The first-order valence-electron chi connectivity index (χ1n) is 6.89. The van der Waals surface area contributed by atoms with Gasteiger partial charge in [0.25, 0.3) is 0 Å². The summed E-state index contributed by atoms with van der Waals surface area (Å²) in [6.07, 6.45) is 0. The van der Waals surface area contributed by atoms with Gasteiger partial charge in [0.15, 0.2) is 0 Å². The van der Waals surface area contributed by atoms with Gasteiger partial charge in [0, 0.05) is 17.3 Å². The van der Waals surface area contributed by atoms with Crippen molar-refractivity contribution in [3.05, 3.63) is 59.1 Å². The number of hydrogen-bond acceptors (Lipinski definition) is 2. The minimum Gasteiger partial charge on any atom is -0.492 e. The van der Waals surface area contributed by atoms with Crippen LogP contribution in [0.5, 0.6) is 5.75 Å². The molecule has 2 aromatic rings. The molecule has 0 heterocycles. The SMILES string of the molecule is CCN(CCOc1ccc(Cl)c(C)c1)c1ccccc1. The molecule has 0 aliphatic heterocycles. The maximum Gasteiger partial charge on any atom is 0.119 e. The zero-order valence-electron chi connectivity index (χ0n) is 12.0. The molecule has 0 saturated heterocycles. The highest BCUT2D eigenvalue weighted by atomic mass is 35.5. The number of rotatable bonds is 6. The van der Waals surface area contributed by atoms with Crippen molar-refractivity contribution < 1.29 is 4.74 Å². The van der Waals surface area contributed by atoms with Crippen LogP contribution in [-0.2, 0) is 0 Å². The van der Waals surface area contributed by atoms with Crippen LogP contribution in [0.4, 0.5) is 5.69 Å². The molecule has 0 radical (unpaired) electrons. The Hall–Kier alpha value is -1.67. The van der Waals surface area contributed by atoms with E-state index >= 15 is 0 Å². The summed E-state index contributed by atoms with van der Waals surface area (Å²) in [7, 11) is 0. The lowest BCUT2D eigenvalue weighted by Crippen LogP contribution is -2.27. The number of likely N-dealkylation sites (N-methyl/N-ethyl adjacent to an activating group) is 1. The zero-order valence-corrected chi connectivity index (χ0v) is 12.7. The first-order valence-corrected chi connectivity index (χ1v) is 7.27. The molecule has 0 bridgehead atoms. The van der Waals surface area contributed by atoms with E-state index in [-0.39, 0.29) is 0 Å². The molecule has 0 atom stereocenters. The molecule has 0 fully saturated rings. The van der Waals surface area contributed by atoms with Gasteiger partial charge in [0.1, 0.15) is 12.4 Å². The average molecular weight is 290 g/mol. The highest BCUT2D eigenvalue weighted by Crippen LogP contribution is 2.21. The number of hydrogen-bond donors (Lipinski definition) is 0. The van der Waals surface area contributed by atoms with E-state index < -0.39 is 0 Å². The van der Waals surface area contributed by atoms with Crippen LogP contribution in [0.25, 0.3) is 0 Å². The summed E-state index contributed by atoms with van der Waals surface area (Å²) in [5, 5.41) is 0.775. The molecule has 2 aromatic carbocycles. The van der Waals surface area contributed by atoms with E-state index in [9.17, 15) is 0 Å². The van der Waals surface area contributed by atoms with Crippen molar-refractivity contribution in [1.82, 2.24) is 0 Å². The molecule has 3 heteroatoms.